The Balaban J connectivity index is 1.62. The van der Waals surface area contributed by atoms with Crippen LogP contribution in [0.25, 0.3) is 11.0 Å². The van der Waals surface area contributed by atoms with Crippen LogP contribution in [0.15, 0.2) is 66.1 Å². The van der Waals surface area contributed by atoms with Gasteiger partial charge in [0.25, 0.3) is 0 Å². The molecular weight excluding hydrogens is 440 g/mol. The fourth-order valence-corrected chi connectivity index (χ4v) is 3.54. The van der Waals surface area contributed by atoms with Crippen LogP contribution in [-0.4, -0.2) is 48.3 Å². The van der Waals surface area contributed by atoms with E-state index in [-0.39, 0.29) is 30.0 Å². The Kier molecular flexibility index (Phi) is 6.67. The minimum Gasteiger partial charge on any atom is -0.497 e. The van der Waals surface area contributed by atoms with Crippen molar-refractivity contribution < 1.29 is 28.6 Å². The highest BCUT2D eigenvalue weighted by molar-refractivity contribution is 5.96. The summed E-state index contributed by atoms with van der Waals surface area (Å²) in [7, 11) is 1.54. The van der Waals surface area contributed by atoms with E-state index < -0.39 is 24.0 Å². The molecule has 34 heavy (non-hydrogen) atoms. The molecule has 1 aliphatic rings. The van der Waals surface area contributed by atoms with Gasteiger partial charge in [0, 0.05) is 12.4 Å². The first-order chi connectivity index (χ1) is 16.5. The second-order valence-electron chi connectivity index (χ2n) is 7.25. The van der Waals surface area contributed by atoms with Crippen molar-refractivity contribution in [2.75, 3.05) is 20.3 Å². The van der Waals surface area contributed by atoms with Crippen molar-refractivity contribution in [3.8, 4) is 5.75 Å². The highest BCUT2D eigenvalue weighted by Crippen LogP contribution is 2.29. The summed E-state index contributed by atoms with van der Waals surface area (Å²) in [6, 6.07) is 10.3. The topological polar surface area (TPSA) is 129 Å². The number of methoxy groups -OCH3 is 1. The lowest BCUT2D eigenvalue weighted by Gasteiger charge is -2.29. The molecule has 1 atom stereocenters. The van der Waals surface area contributed by atoms with Gasteiger partial charge in [0.05, 0.1) is 47.6 Å². The van der Waals surface area contributed by atoms with Gasteiger partial charge in [-0.05, 0) is 42.8 Å². The van der Waals surface area contributed by atoms with Crippen LogP contribution in [0.1, 0.15) is 28.9 Å². The average molecular weight is 462 g/mol. The van der Waals surface area contributed by atoms with Gasteiger partial charge in [-0.3, -0.25) is 9.97 Å². The molecule has 2 heterocycles. The van der Waals surface area contributed by atoms with E-state index in [0.717, 1.165) is 0 Å². The van der Waals surface area contributed by atoms with Crippen molar-refractivity contribution in [1.82, 2.24) is 20.6 Å². The Morgan fingerprint density at radius 1 is 0.971 bits per heavy atom. The third kappa shape index (κ3) is 4.80. The van der Waals surface area contributed by atoms with Gasteiger partial charge < -0.3 is 24.8 Å². The second kappa shape index (κ2) is 9.99. The Labute approximate surface area is 194 Å². The number of hydrogen-bond acceptors (Lipinski definition) is 8. The van der Waals surface area contributed by atoms with Gasteiger partial charge in [0.15, 0.2) is 0 Å². The number of carbonyl (C=O) groups is 3. The first-order valence-corrected chi connectivity index (χ1v) is 10.5. The van der Waals surface area contributed by atoms with Gasteiger partial charge in [0.2, 0.25) is 0 Å². The lowest BCUT2D eigenvalue weighted by atomic mass is 9.95. The molecule has 0 fully saturated rings. The van der Waals surface area contributed by atoms with E-state index in [1.807, 2.05) is 0 Å². The molecule has 174 valence electrons. The number of nitrogens with one attached hydrogen (secondary N) is 2. The number of benzene rings is 2. The van der Waals surface area contributed by atoms with Crippen LogP contribution < -0.4 is 15.4 Å². The Hall–Kier alpha value is -4.47. The molecule has 2 amide bonds. The van der Waals surface area contributed by atoms with Crippen LogP contribution in [0.3, 0.4) is 0 Å². The maximum atomic E-state index is 12.8. The number of amides is 2. The number of rotatable bonds is 7. The van der Waals surface area contributed by atoms with Crippen LogP contribution in [-0.2, 0) is 14.3 Å². The van der Waals surface area contributed by atoms with Crippen LogP contribution in [0, 0.1) is 0 Å². The van der Waals surface area contributed by atoms with Gasteiger partial charge in [-0.15, -0.1) is 0 Å². The minimum atomic E-state index is -0.802. The third-order valence-electron chi connectivity index (χ3n) is 5.15. The predicted molar refractivity (Wildman–Crippen MR) is 121 cm³/mol. The molecular formula is C24H22N4O6. The maximum absolute atomic E-state index is 12.8. The molecule has 10 heteroatoms. The number of fused-ring (bicyclic) bond motifs is 1. The fourth-order valence-electron chi connectivity index (χ4n) is 3.54. The number of urea groups is 1. The summed E-state index contributed by atoms with van der Waals surface area (Å²) in [4.78, 5) is 46.2. The van der Waals surface area contributed by atoms with E-state index in [1.54, 1.807) is 62.7 Å². The van der Waals surface area contributed by atoms with Gasteiger partial charge >= 0.3 is 18.0 Å². The number of hydrogen-bond donors (Lipinski definition) is 2. The lowest BCUT2D eigenvalue weighted by molar-refractivity contribution is -0.139. The molecule has 0 aliphatic carbocycles. The molecule has 0 bridgehead atoms. The van der Waals surface area contributed by atoms with Gasteiger partial charge in [-0.2, -0.15) is 0 Å². The molecule has 1 aromatic heterocycles. The Morgan fingerprint density at radius 3 is 2.41 bits per heavy atom. The van der Waals surface area contributed by atoms with E-state index in [0.29, 0.717) is 22.3 Å². The third-order valence-corrected chi connectivity index (χ3v) is 5.15. The standard InChI is InChI=1S/C24H22N4O6/c1-3-33-23(30)20-19(27-24(31)28-21(20)14-4-7-16(32-2)8-5-14)13-34-22(29)15-6-9-17-18(12-15)26-11-10-25-17/h4-12,21H,3,13H2,1-2H3,(H2,27,28,31)/t21-/m1/s1. The lowest BCUT2D eigenvalue weighted by Crippen LogP contribution is -2.47. The monoisotopic (exact) mass is 462 g/mol. The molecule has 2 aromatic carbocycles. The molecule has 0 saturated carbocycles. The van der Waals surface area contributed by atoms with Crippen LogP contribution in [0.4, 0.5) is 4.79 Å². The second-order valence-corrected chi connectivity index (χ2v) is 7.25. The van der Waals surface area contributed by atoms with Crippen LogP contribution in [0.2, 0.25) is 0 Å². The van der Waals surface area contributed by atoms with Crippen molar-refractivity contribution in [2.45, 2.75) is 13.0 Å². The van der Waals surface area contributed by atoms with Crippen molar-refractivity contribution >= 4 is 29.0 Å². The summed E-state index contributed by atoms with van der Waals surface area (Å²) in [6.45, 7) is 1.47. The van der Waals surface area contributed by atoms with Gasteiger partial charge in [-0.1, -0.05) is 12.1 Å². The van der Waals surface area contributed by atoms with Crippen molar-refractivity contribution in [3.63, 3.8) is 0 Å². The minimum absolute atomic E-state index is 0.136. The van der Waals surface area contributed by atoms with E-state index in [4.69, 9.17) is 14.2 Å². The van der Waals surface area contributed by atoms with E-state index in [1.165, 1.54) is 6.20 Å². The molecule has 2 N–H and O–H groups in total. The van der Waals surface area contributed by atoms with Crippen LogP contribution in [0.5, 0.6) is 5.75 Å². The maximum Gasteiger partial charge on any atom is 0.338 e. The molecule has 0 spiro atoms. The highest BCUT2D eigenvalue weighted by atomic mass is 16.5. The van der Waals surface area contributed by atoms with Crippen molar-refractivity contribution in [1.29, 1.82) is 0 Å². The average Bonchev–Trinajstić information content (AvgIpc) is 2.86. The first-order valence-electron chi connectivity index (χ1n) is 10.5. The zero-order chi connectivity index (χ0) is 24.1. The molecule has 3 aromatic rings. The Morgan fingerprint density at radius 2 is 1.71 bits per heavy atom. The summed E-state index contributed by atoms with van der Waals surface area (Å²) in [6.07, 6.45) is 3.08. The number of esters is 2. The van der Waals surface area contributed by atoms with E-state index in [2.05, 4.69) is 20.6 Å². The summed E-state index contributed by atoms with van der Waals surface area (Å²) in [5.41, 5.74) is 2.35. The molecule has 0 saturated heterocycles. The molecule has 4 rings (SSSR count). The number of nitrogens with zero attached hydrogens (tertiary/aromatic N) is 2. The number of aromatic nitrogens is 2. The van der Waals surface area contributed by atoms with Crippen LogP contribution >= 0.6 is 0 Å². The zero-order valence-electron chi connectivity index (χ0n) is 18.5. The molecule has 0 radical (unpaired) electrons. The summed E-state index contributed by atoms with van der Waals surface area (Å²) in [5.74, 6) is -0.653. The number of carbonyl (C=O) groups excluding carboxylic acids is 3. The summed E-state index contributed by atoms with van der Waals surface area (Å²) < 4.78 is 15.8. The first kappa shape index (κ1) is 22.7. The van der Waals surface area contributed by atoms with Gasteiger partial charge in [-0.25, -0.2) is 14.4 Å². The largest absolute Gasteiger partial charge is 0.497 e. The highest BCUT2D eigenvalue weighted by Gasteiger charge is 2.34. The van der Waals surface area contributed by atoms with E-state index >= 15 is 0 Å². The molecule has 1 aliphatic heterocycles. The summed E-state index contributed by atoms with van der Waals surface area (Å²) in [5, 5.41) is 5.29. The zero-order valence-corrected chi connectivity index (χ0v) is 18.5. The van der Waals surface area contributed by atoms with Crippen molar-refractivity contribution in [3.05, 3.63) is 77.3 Å². The van der Waals surface area contributed by atoms with Gasteiger partial charge in [0.1, 0.15) is 12.4 Å². The summed E-state index contributed by atoms with van der Waals surface area (Å²) >= 11 is 0. The Bertz CT molecular complexity index is 1270. The normalized spacial score (nSPS) is 15.4. The quantitative estimate of drug-likeness (QED) is 0.513. The molecule has 10 nitrogen and oxygen atoms in total. The number of ether oxygens (including phenoxy) is 3. The smallest absolute Gasteiger partial charge is 0.338 e. The SMILES string of the molecule is CCOC(=O)C1=C(COC(=O)c2ccc3nccnc3c2)NC(=O)N[C@@H]1c1ccc(OC)cc1. The molecule has 0 unspecified atom stereocenters. The van der Waals surface area contributed by atoms with E-state index in [9.17, 15) is 14.4 Å². The predicted octanol–water partition coefficient (Wildman–Crippen LogP) is 2.67. The van der Waals surface area contributed by atoms with Crippen molar-refractivity contribution in [2.24, 2.45) is 0 Å². The fraction of sp³-hybridized carbons (Fsp3) is 0.208.